The molecule has 0 bridgehead atoms. The summed E-state index contributed by atoms with van der Waals surface area (Å²) in [7, 11) is 0. The maximum absolute atomic E-state index is 11.3. The van der Waals surface area contributed by atoms with Gasteiger partial charge in [0.05, 0.1) is 6.54 Å². The van der Waals surface area contributed by atoms with Crippen LogP contribution in [0.5, 0.6) is 0 Å². The third kappa shape index (κ3) is 2.59. The molecular weight excluding hydrogens is 231 g/mol. The first-order chi connectivity index (χ1) is 6.15. The van der Waals surface area contributed by atoms with Gasteiger partial charge in [0, 0.05) is 0 Å². The zero-order valence-electron chi connectivity index (χ0n) is 6.30. The van der Waals surface area contributed by atoms with Gasteiger partial charge in [0.2, 0.25) is 0 Å². The number of rotatable bonds is 2. The number of halogens is 2. The van der Waals surface area contributed by atoms with Crippen molar-refractivity contribution >= 4 is 40.4 Å². The van der Waals surface area contributed by atoms with Crippen LogP contribution in [0.2, 0.25) is 9.62 Å². The molecule has 0 aliphatic heterocycles. The van der Waals surface area contributed by atoms with Crippen molar-refractivity contribution in [1.29, 1.82) is 0 Å². The Morgan fingerprint density at radius 3 is 2.85 bits per heavy atom. The number of carbonyl (C=O) groups is 1. The fourth-order valence-corrected chi connectivity index (χ4v) is 1.92. The third-order valence-electron chi connectivity index (χ3n) is 1.12. The highest BCUT2D eigenvalue weighted by Crippen LogP contribution is 2.26. The summed E-state index contributed by atoms with van der Waals surface area (Å²) < 4.78 is 0.232. The van der Waals surface area contributed by atoms with Crippen LogP contribution < -0.4 is 5.32 Å². The van der Waals surface area contributed by atoms with Crippen molar-refractivity contribution in [2.45, 2.75) is 0 Å². The van der Waals surface area contributed by atoms with Gasteiger partial charge in [-0.25, -0.2) is 4.98 Å². The van der Waals surface area contributed by atoms with Crippen LogP contribution in [0.25, 0.3) is 0 Å². The van der Waals surface area contributed by atoms with E-state index in [1.165, 1.54) is 0 Å². The van der Waals surface area contributed by atoms with Gasteiger partial charge >= 0.3 is 0 Å². The summed E-state index contributed by atoms with van der Waals surface area (Å²) in [5, 5.41) is 2.56. The molecule has 0 saturated heterocycles. The quantitative estimate of drug-likeness (QED) is 0.794. The number of amides is 1. The minimum atomic E-state index is -0.354. The van der Waals surface area contributed by atoms with Crippen LogP contribution in [-0.4, -0.2) is 17.4 Å². The maximum Gasteiger partial charge on any atom is 0.265 e. The van der Waals surface area contributed by atoms with Gasteiger partial charge in [0.15, 0.2) is 9.62 Å². The molecule has 0 aliphatic carbocycles. The molecule has 0 spiro atoms. The lowest BCUT2D eigenvalue weighted by atomic mass is 10.5. The minimum Gasteiger partial charge on any atom is -0.340 e. The number of nitrogens with one attached hydrogen (secondary N) is 1. The van der Waals surface area contributed by atoms with Crippen LogP contribution in [0.1, 0.15) is 9.67 Å². The lowest BCUT2D eigenvalue weighted by Crippen LogP contribution is -2.22. The Balaban J connectivity index is 2.78. The number of carbonyl (C=O) groups excluding carboxylic acids is 1. The number of nitrogens with zero attached hydrogens (tertiary/aromatic N) is 1. The van der Waals surface area contributed by atoms with Gasteiger partial charge < -0.3 is 5.32 Å². The summed E-state index contributed by atoms with van der Waals surface area (Å²) in [6.45, 7) is 0.157. The molecule has 1 aromatic rings. The Morgan fingerprint density at radius 2 is 2.38 bits per heavy atom. The first-order valence-corrected chi connectivity index (χ1v) is 4.76. The molecule has 3 nitrogen and oxygen atoms in total. The van der Waals surface area contributed by atoms with Crippen LogP contribution in [0.4, 0.5) is 0 Å². The second kappa shape index (κ2) is 4.47. The predicted molar refractivity (Wildman–Crippen MR) is 53.3 cm³/mol. The molecule has 0 atom stereocenters. The molecular formula is C7H4Cl2N2OS. The monoisotopic (exact) mass is 234 g/mol. The van der Waals surface area contributed by atoms with Gasteiger partial charge in [0.25, 0.3) is 5.91 Å². The highest BCUT2D eigenvalue weighted by atomic mass is 35.5. The molecule has 1 rings (SSSR count). The molecule has 6 heteroatoms. The summed E-state index contributed by atoms with van der Waals surface area (Å²) in [5.74, 6) is 1.92. The Bertz CT molecular complexity index is 369. The minimum absolute atomic E-state index is 0.101. The number of hydrogen-bond acceptors (Lipinski definition) is 3. The Hall–Kier alpha value is -0.760. The fraction of sp³-hybridized carbons (Fsp3) is 0.143. The molecule has 1 heterocycles. The van der Waals surface area contributed by atoms with Gasteiger partial charge in [-0.3, -0.25) is 4.79 Å². The lowest BCUT2D eigenvalue weighted by molar-refractivity contribution is 0.0962. The largest absolute Gasteiger partial charge is 0.340 e. The van der Waals surface area contributed by atoms with E-state index < -0.39 is 0 Å². The maximum atomic E-state index is 11.3. The molecule has 68 valence electrons. The normalized spacial score (nSPS) is 9.31. The van der Waals surface area contributed by atoms with Crippen molar-refractivity contribution in [2.24, 2.45) is 0 Å². The predicted octanol–water partition coefficient (Wildman–Crippen LogP) is 1.81. The van der Waals surface area contributed by atoms with Gasteiger partial charge in [0.1, 0.15) is 4.88 Å². The molecule has 13 heavy (non-hydrogen) atoms. The number of thiazole rings is 1. The molecule has 0 saturated carbocycles. The van der Waals surface area contributed by atoms with Crippen LogP contribution in [0.15, 0.2) is 0 Å². The SMILES string of the molecule is C#CCNC(=O)c1sc(Cl)nc1Cl. The Kier molecular flexibility index (Phi) is 3.55. The number of aromatic nitrogens is 1. The average Bonchev–Trinajstić information content (AvgIpc) is 2.41. The van der Waals surface area contributed by atoms with Gasteiger partial charge in [-0.05, 0) is 0 Å². The standard InChI is InChI=1S/C7H4Cl2N2OS/c1-2-3-10-6(12)4-5(8)11-7(9)13-4/h1H,3H2,(H,10,12). The van der Waals surface area contributed by atoms with Gasteiger partial charge in [-0.15, -0.1) is 6.42 Å². The second-order valence-electron chi connectivity index (χ2n) is 1.97. The van der Waals surface area contributed by atoms with Crippen molar-refractivity contribution in [2.75, 3.05) is 6.54 Å². The van der Waals surface area contributed by atoms with E-state index in [2.05, 4.69) is 16.2 Å². The zero-order chi connectivity index (χ0) is 9.84. The average molecular weight is 235 g/mol. The van der Waals surface area contributed by atoms with E-state index in [1.807, 2.05) is 0 Å². The first kappa shape index (κ1) is 10.3. The van der Waals surface area contributed by atoms with Crippen LogP contribution >= 0.6 is 34.5 Å². The van der Waals surface area contributed by atoms with Crippen LogP contribution in [0.3, 0.4) is 0 Å². The summed E-state index contributed by atoms with van der Waals surface area (Å²) in [6, 6.07) is 0. The van der Waals surface area contributed by atoms with E-state index in [0.717, 1.165) is 11.3 Å². The molecule has 0 unspecified atom stereocenters. The summed E-state index contributed by atoms with van der Waals surface area (Å²) in [6.07, 6.45) is 4.96. The van der Waals surface area contributed by atoms with E-state index in [0.29, 0.717) is 0 Å². The molecule has 0 radical (unpaired) electrons. The highest BCUT2D eigenvalue weighted by molar-refractivity contribution is 7.18. The van der Waals surface area contributed by atoms with Gasteiger partial charge in [-0.2, -0.15) is 0 Å². The van der Waals surface area contributed by atoms with Gasteiger partial charge in [-0.1, -0.05) is 40.5 Å². The Morgan fingerprint density at radius 1 is 1.69 bits per heavy atom. The van der Waals surface area contributed by atoms with E-state index >= 15 is 0 Å². The first-order valence-electron chi connectivity index (χ1n) is 3.18. The van der Waals surface area contributed by atoms with Crippen molar-refractivity contribution in [3.05, 3.63) is 14.5 Å². The fourth-order valence-electron chi connectivity index (χ4n) is 0.629. The highest BCUT2D eigenvalue weighted by Gasteiger charge is 2.14. The van der Waals surface area contributed by atoms with E-state index in [-0.39, 0.29) is 26.9 Å². The summed E-state index contributed by atoms with van der Waals surface area (Å²) in [4.78, 5) is 15.2. The molecule has 1 N–H and O–H groups in total. The summed E-state index contributed by atoms with van der Waals surface area (Å²) in [5.41, 5.74) is 0. The molecule has 1 aromatic heterocycles. The summed E-state index contributed by atoms with van der Waals surface area (Å²) >= 11 is 12.2. The lowest BCUT2D eigenvalue weighted by Gasteiger charge is -1.96. The number of hydrogen-bond donors (Lipinski definition) is 1. The van der Waals surface area contributed by atoms with Crippen molar-refractivity contribution in [3.8, 4) is 12.3 Å². The van der Waals surface area contributed by atoms with E-state index in [1.54, 1.807) is 0 Å². The smallest absolute Gasteiger partial charge is 0.265 e. The topological polar surface area (TPSA) is 42.0 Å². The molecule has 1 amide bonds. The van der Waals surface area contributed by atoms with E-state index in [4.69, 9.17) is 29.6 Å². The van der Waals surface area contributed by atoms with E-state index in [9.17, 15) is 4.79 Å². The van der Waals surface area contributed by atoms with Crippen molar-refractivity contribution in [1.82, 2.24) is 10.3 Å². The zero-order valence-corrected chi connectivity index (χ0v) is 8.63. The second-order valence-corrected chi connectivity index (χ2v) is 3.91. The van der Waals surface area contributed by atoms with Crippen molar-refractivity contribution in [3.63, 3.8) is 0 Å². The molecule has 0 aromatic carbocycles. The van der Waals surface area contributed by atoms with Crippen LogP contribution in [0, 0.1) is 12.3 Å². The molecule has 0 fully saturated rings. The Labute approximate surface area is 89.1 Å². The number of terminal acetylenes is 1. The van der Waals surface area contributed by atoms with Crippen molar-refractivity contribution < 1.29 is 4.79 Å². The van der Waals surface area contributed by atoms with Crippen LogP contribution in [-0.2, 0) is 0 Å². The molecule has 0 aliphatic rings. The third-order valence-corrected chi connectivity index (χ3v) is 2.66.